The van der Waals surface area contributed by atoms with Gasteiger partial charge in [0.05, 0.1) is 16.4 Å². The highest BCUT2D eigenvalue weighted by Gasteiger charge is 2.34. The van der Waals surface area contributed by atoms with Crippen molar-refractivity contribution in [1.29, 1.82) is 0 Å². The van der Waals surface area contributed by atoms with Crippen LogP contribution in [0.1, 0.15) is 41.5 Å². The maximum Gasteiger partial charge on any atom is 0.410 e. The standard InChI is InChI=1S/C19H31N3O7S/c1-18(2,3)16(13-21(11-12-23)17(24)29-19(4,5)6)20-30(27,28)15-9-7-14(8-10-15)22(25)26/h7-10,16,20,23H,11-13H2,1-6H3/t16-/m1/s1. The summed E-state index contributed by atoms with van der Waals surface area (Å²) in [6.45, 7) is 10.2. The number of carbonyl (C=O) groups excluding carboxylic acids is 1. The highest BCUT2D eigenvalue weighted by Crippen LogP contribution is 2.24. The lowest BCUT2D eigenvalue weighted by atomic mass is 9.87. The topological polar surface area (TPSA) is 139 Å². The van der Waals surface area contributed by atoms with Crippen molar-refractivity contribution in [1.82, 2.24) is 9.62 Å². The minimum absolute atomic E-state index is 0.0270. The summed E-state index contributed by atoms with van der Waals surface area (Å²) in [6.07, 6.45) is -0.666. The van der Waals surface area contributed by atoms with E-state index in [0.29, 0.717) is 0 Å². The number of benzene rings is 1. The van der Waals surface area contributed by atoms with Crippen LogP contribution in [0, 0.1) is 15.5 Å². The second kappa shape index (κ2) is 9.71. The minimum atomic E-state index is -4.02. The molecule has 0 aliphatic heterocycles. The predicted molar refractivity (Wildman–Crippen MR) is 112 cm³/mol. The number of nitro benzene ring substituents is 1. The molecule has 1 aromatic carbocycles. The van der Waals surface area contributed by atoms with Gasteiger partial charge in [-0.15, -0.1) is 0 Å². The Morgan fingerprint density at radius 3 is 2.13 bits per heavy atom. The molecule has 11 heteroatoms. The van der Waals surface area contributed by atoms with Crippen LogP contribution in [-0.4, -0.2) is 60.8 Å². The largest absolute Gasteiger partial charge is 0.444 e. The maximum absolute atomic E-state index is 12.8. The number of nitrogens with one attached hydrogen (secondary N) is 1. The Morgan fingerprint density at radius 2 is 1.73 bits per heavy atom. The van der Waals surface area contributed by atoms with E-state index in [-0.39, 0.29) is 30.3 Å². The van der Waals surface area contributed by atoms with Crippen molar-refractivity contribution in [3.63, 3.8) is 0 Å². The number of carbonyl (C=O) groups is 1. The van der Waals surface area contributed by atoms with Crippen LogP contribution in [0.5, 0.6) is 0 Å². The molecule has 0 aliphatic carbocycles. The second-order valence-corrected chi connectivity index (χ2v) is 10.7. The normalized spacial score (nSPS) is 13.6. The molecule has 2 N–H and O–H groups in total. The maximum atomic E-state index is 12.8. The van der Waals surface area contributed by atoms with Crippen LogP contribution in [0.3, 0.4) is 0 Å². The molecular weight excluding hydrogens is 414 g/mol. The van der Waals surface area contributed by atoms with Crippen molar-refractivity contribution in [3.8, 4) is 0 Å². The molecule has 0 fully saturated rings. The first kappa shape index (κ1) is 25.8. The van der Waals surface area contributed by atoms with Gasteiger partial charge in [0, 0.05) is 31.3 Å². The van der Waals surface area contributed by atoms with Gasteiger partial charge in [0.2, 0.25) is 10.0 Å². The van der Waals surface area contributed by atoms with Crippen molar-refractivity contribution in [2.75, 3.05) is 19.7 Å². The summed E-state index contributed by atoms with van der Waals surface area (Å²) >= 11 is 0. The van der Waals surface area contributed by atoms with E-state index in [1.54, 1.807) is 20.8 Å². The Balaban J connectivity index is 3.13. The van der Waals surface area contributed by atoms with E-state index in [2.05, 4.69) is 4.72 Å². The van der Waals surface area contributed by atoms with Crippen LogP contribution in [0.15, 0.2) is 29.2 Å². The molecule has 0 saturated carbocycles. The summed E-state index contributed by atoms with van der Waals surface area (Å²) in [5, 5.41) is 20.1. The second-order valence-electron chi connectivity index (χ2n) is 8.94. The smallest absolute Gasteiger partial charge is 0.410 e. The number of aliphatic hydroxyl groups is 1. The van der Waals surface area contributed by atoms with Gasteiger partial charge in [-0.2, -0.15) is 0 Å². The molecule has 0 aromatic heterocycles. The van der Waals surface area contributed by atoms with Gasteiger partial charge in [-0.3, -0.25) is 10.1 Å². The SMILES string of the molecule is CC(C)(C)OC(=O)N(CCO)C[C@@H](NS(=O)(=O)c1ccc([N+](=O)[O-])cc1)C(C)(C)C. The van der Waals surface area contributed by atoms with Crippen LogP contribution in [-0.2, 0) is 14.8 Å². The van der Waals surface area contributed by atoms with Crippen LogP contribution in [0.25, 0.3) is 0 Å². The van der Waals surface area contributed by atoms with Gasteiger partial charge in [0.25, 0.3) is 5.69 Å². The lowest BCUT2D eigenvalue weighted by Gasteiger charge is -2.36. The number of rotatable bonds is 8. The van der Waals surface area contributed by atoms with Crippen LogP contribution < -0.4 is 4.72 Å². The molecule has 10 nitrogen and oxygen atoms in total. The molecule has 0 aliphatic rings. The zero-order chi connectivity index (χ0) is 23.3. The number of hydrogen-bond donors (Lipinski definition) is 2. The number of sulfonamides is 1. The van der Waals surface area contributed by atoms with Gasteiger partial charge < -0.3 is 14.7 Å². The molecule has 1 amide bonds. The molecule has 30 heavy (non-hydrogen) atoms. The summed E-state index contributed by atoms with van der Waals surface area (Å²) in [5.74, 6) is 0. The number of non-ortho nitro benzene ring substituents is 1. The zero-order valence-corrected chi connectivity index (χ0v) is 19.0. The summed E-state index contributed by atoms with van der Waals surface area (Å²) < 4.78 is 33.6. The molecule has 0 spiro atoms. The van der Waals surface area contributed by atoms with Crippen LogP contribution >= 0.6 is 0 Å². The Morgan fingerprint density at radius 1 is 1.20 bits per heavy atom. The molecule has 170 valence electrons. The number of ether oxygens (including phenoxy) is 1. The first-order valence-electron chi connectivity index (χ1n) is 9.42. The average molecular weight is 446 g/mol. The molecule has 1 rings (SSSR count). The van der Waals surface area contributed by atoms with E-state index in [1.807, 2.05) is 20.8 Å². The Bertz CT molecular complexity index is 840. The molecule has 0 unspecified atom stereocenters. The van der Waals surface area contributed by atoms with E-state index >= 15 is 0 Å². The Hall–Kier alpha value is -2.24. The fourth-order valence-corrected chi connectivity index (χ4v) is 3.85. The third kappa shape index (κ3) is 7.88. The lowest BCUT2D eigenvalue weighted by molar-refractivity contribution is -0.384. The van der Waals surface area contributed by atoms with Gasteiger partial charge >= 0.3 is 6.09 Å². The molecule has 0 heterocycles. The first-order chi connectivity index (χ1) is 13.6. The van der Waals surface area contributed by atoms with Gasteiger partial charge in [0.15, 0.2) is 0 Å². The average Bonchev–Trinajstić information content (AvgIpc) is 2.58. The minimum Gasteiger partial charge on any atom is -0.444 e. The van der Waals surface area contributed by atoms with E-state index in [4.69, 9.17) is 4.74 Å². The summed E-state index contributed by atoms with van der Waals surface area (Å²) in [7, 11) is -4.02. The number of nitro groups is 1. The molecule has 1 atom stereocenters. The molecule has 0 saturated heterocycles. The predicted octanol–water partition coefficient (Wildman–Crippen LogP) is 2.52. The molecule has 0 radical (unpaired) electrons. The molecule has 0 bridgehead atoms. The lowest BCUT2D eigenvalue weighted by Crippen LogP contribution is -2.53. The van der Waals surface area contributed by atoms with Gasteiger partial charge in [-0.05, 0) is 38.3 Å². The number of amides is 1. The van der Waals surface area contributed by atoms with Crippen molar-refractivity contribution in [3.05, 3.63) is 34.4 Å². The van der Waals surface area contributed by atoms with E-state index in [1.165, 1.54) is 4.90 Å². The van der Waals surface area contributed by atoms with E-state index in [0.717, 1.165) is 24.3 Å². The van der Waals surface area contributed by atoms with Crippen LogP contribution in [0.4, 0.5) is 10.5 Å². The fraction of sp³-hybridized carbons (Fsp3) is 0.632. The Labute approximate surface area is 177 Å². The fourth-order valence-electron chi connectivity index (χ4n) is 2.41. The highest BCUT2D eigenvalue weighted by molar-refractivity contribution is 7.89. The van der Waals surface area contributed by atoms with Crippen molar-refractivity contribution in [2.45, 2.75) is 58.1 Å². The summed E-state index contributed by atoms with van der Waals surface area (Å²) in [4.78, 5) is 23.8. The molecular formula is C19H31N3O7S. The summed E-state index contributed by atoms with van der Waals surface area (Å²) in [5.41, 5.74) is -1.57. The van der Waals surface area contributed by atoms with Crippen LogP contribution in [0.2, 0.25) is 0 Å². The van der Waals surface area contributed by atoms with Gasteiger partial charge in [-0.25, -0.2) is 17.9 Å². The molecule has 1 aromatic rings. The van der Waals surface area contributed by atoms with Crippen molar-refractivity contribution in [2.24, 2.45) is 5.41 Å². The van der Waals surface area contributed by atoms with Crippen molar-refractivity contribution >= 4 is 21.8 Å². The zero-order valence-electron chi connectivity index (χ0n) is 18.2. The quantitative estimate of drug-likeness (QED) is 0.463. The summed E-state index contributed by atoms with van der Waals surface area (Å²) in [6, 6.07) is 3.80. The van der Waals surface area contributed by atoms with Crippen molar-refractivity contribution < 1.29 is 28.0 Å². The van der Waals surface area contributed by atoms with Gasteiger partial charge in [-0.1, -0.05) is 20.8 Å². The highest BCUT2D eigenvalue weighted by atomic mass is 32.2. The number of hydrogen-bond acceptors (Lipinski definition) is 7. The monoisotopic (exact) mass is 445 g/mol. The third-order valence-electron chi connectivity index (χ3n) is 4.13. The van der Waals surface area contributed by atoms with Gasteiger partial charge in [0.1, 0.15) is 5.60 Å². The number of nitrogens with zero attached hydrogens (tertiary/aromatic N) is 2. The number of aliphatic hydroxyl groups excluding tert-OH is 1. The van der Waals surface area contributed by atoms with E-state index < -0.39 is 38.1 Å². The first-order valence-corrected chi connectivity index (χ1v) is 10.9. The Kier molecular flexibility index (Phi) is 8.35. The van der Waals surface area contributed by atoms with E-state index in [9.17, 15) is 28.4 Å². The third-order valence-corrected chi connectivity index (χ3v) is 5.61.